The molecule has 0 saturated heterocycles. The Kier molecular flexibility index (Phi) is 4.53. The van der Waals surface area contributed by atoms with Gasteiger partial charge in [0, 0.05) is 19.5 Å². The third kappa shape index (κ3) is 3.31. The molecule has 0 spiro atoms. The third-order valence-electron chi connectivity index (χ3n) is 5.30. The van der Waals surface area contributed by atoms with Gasteiger partial charge in [-0.3, -0.25) is 9.69 Å². The molecule has 0 bridgehead atoms. The van der Waals surface area contributed by atoms with Crippen LogP contribution in [0.15, 0.2) is 24.3 Å². The molecule has 1 aliphatic heterocycles. The van der Waals surface area contributed by atoms with Crippen LogP contribution in [0.2, 0.25) is 0 Å². The van der Waals surface area contributed by atoms with Crippen LogP contribution in [-0.2, 0) is 30.7 Å². The van der Waals surface area contributed by atoms with Crippen LogP contribution < -0.4 is 5.32 Å². The third-order valence-corrected chi connectivity index (χ3v) is 5.30. The predicted octanol–water partition coefficient (Wildman–Crippen LogP) is 1.85. The summed E-state index contributed by atoms with van der Waals surface area (Å²) < 4.78 is 2.19. The maximum absolute atomic E-state index is 12.6. The van der Waals surface area contributed by atoms with Crippen molar-refractivity contribution in [2.75, 3.05) is 13.1 Å². The summed E-state index contributed by atoms with van der Waals surface area (Å²) in [4.78, 5) is 14.7. The summed E-state index contributed by atoms with van der Waals surface area (Å²) in [5.41, 5.74) is 2.66. The minimum absolute atomic E-state index is 0.102. The second kappa shape index (κ2) is 6.96. The highest BCUT2D eigenvalue weighted by atomic mass is 16.2. The maximum atomic E-state index is 12.6. The largest absolute Gasteiger partial charge is 0.348 e. The number of fused-ring (bicyclic) bond motifs is 2. The predicted molar refractivity (Wildman–Crippen MR) is 94.9 cm³/mol. The first kappa shape index (κ1) is 16.3. The first-order valence-corrected chi connectivity index (χ1v) is 9.25. The summed E-state index contributed by atoms with van der Waals surface area (Å²) in [6, 6.07) is 8.62. The zero-order chi connectivity index (χ0) is 17.2. The van der Waals surface area contributed by atoms with E-state index in [0.717, 1.165) is 50.4 Å². The number of benzene rings is 1. The molecule has 1 amide bonds. The number of amides is 1. The van der Waals surface area contributed by atoms with Gasteiger partial charge < -0.3 is 9.88 Å². The molecule has 1 N–H and O–H groups in total. The number of nitrogens with one attached hydrogen (secondary N) is 1. The van der Waals surface area contributed by atoms with Crippen LogP contribution in [-0.4, -0.2) is 38.7 Å². The Bertz CT molecular complexity index is 769. The van der Waals surface area contributed by atoms with Crippen LogP contribution in [0.3, 0.4) is 0 Å². The summed E-state index contributed by atoms with van der Waals surface area (Å²) in [6.45, 7) is 4.95. The van der Waals surface area contributed by atoms with Crippen LogP contribution in [0.4, 0.5) is 0 Å². The monoisotopic (exact) mass is 339 g/mol. The minimum atomic E-state index is 0.102. The lowest BCUT2D eigenvalue weighted by Crippen LogP contribution is -2.43. The van der Waals surface area contributed by atoms with E-state index in [1.165, 1.54) is 11.1 Å². The molecule has 1 aliphatic carbocycles. The molecule has 25 heavy (non-hydrogen) atoms. The standard InChI is InChI=1S/C19H25N5O/c1-2-17-21-22-18-12-23(10-11-24(17)18)13-19(25)20-16-9-5-7-14-6-3-4-8-15(14)16/h3-4,6,8,16H,2,5,7,9-13H2,1H3,(H,20,25)/t16-/m1/s1. The Labute approximate surface area is 148 Å². The highest BCUT2D eigenvalue weighted by Gasteiger charge is 2.25. The number of aromatic nitrogens is 3. The fourth-order valence-electron chi connectivity index (χ4n) is 4.01. The lowest BCUT2D eigenvalue weighted by Gasteiger charge is -2.30. The topological polar surface area (TPSA) is 63.1 Å². The van der Waals surface area contributed by atoms with Crippen molar-refractivity contribution in [1.82, 2.24) is 25.0 Å². The normalized spacial score (nSPS) is 20.0. The summed E-state index contributed by atoms with van der Waals surface area (Å²) >= 11 is 0. The molecule has 1 aromatic carbocycles. The van der Waals surface area contributed by atoms with E-state index < -0.39 is 0 Å². The van der Waals surface area contributed by atoms with Crippen LogP contribution in [0, 0.1) is 0 Å². The number of carbonyl (C=O) groups excluding carboxylic acids is 1. The fraction of sp³-hybridized carbons (Fsp3) is 0.526. The number of aryl methyl sites for hydroxylation is 2. The van der Waals surface area contributed by atoms with Crippen molar-refractivity contribution >= 4 is 5.91 Å². The van der Waals surface area contributed by atoms with E-state index in [1.807, 2.05) is 0 Å². The molecule has 1 aromatic heterocycles. The van der Waals surface area contributed by atoms with Gasteiger partial charge in [0.1, 0.15) is 11.6 Å². The van der Waals surface area contributed by atoms with Gasteiger partial charge >= 0.3 is 0 Å². The number of nitrogens with zero attached hydrogens (tertiary/aromatic N) is 4. The van der Waals surface area contributed by atoms with Crippen LogP contribution in [0.25, 0.3) is 0 Å². The van der Waals surface area contributed by atoms with E-state index in [2.05, 4.69) is 56.2 Å². The van der Waals surface area contributed by atoms with Crippen molar-refractivity contribution in [2.24, 2.45) is 0 Å². The average Bonchev–Trinajstić information content (AvgIpc) is 3.04. The molecule has 2 aliphatic rings. The van der Waals surface area contributed by atoms with Crippen molar-refractivity contribution in [1.29, 1.82) is 0 Å². The molecule has 0 fully saturated rings. The summed E-state index contributed by atoms with van der Waals surface area (Å²) in [5, 5.41) is 11.7. The highest BCUT2D eigenvalue weighted by molar-refractivity contribution is 5.78. The van der Waals surface area contributed by atoms with Crippen LogP contribution in [0.5, 0.6) is 0 Å². The van der Waals surface area contributed by atoms with Crippen molar-refractivity contribution < 1.29 is 4.79 Å². The quantitative estimate of drug-likeness (QED) is 0.923. The number of carbonyl (C=O) groups is 1. The second-order valence-electron chi connectivity index (χ2n) is 6.96. The summed E-state index contributed by atoms with van der Waals surface area (Å²) in [7, 11) is 0. The summed E-state index contributed by atoms with van der Waals surface area (Å²) in [5.74, 6) is 2.11. The van der Waals surface area contributed by atoms with Crippen LogP contribution in [0.1, 0.15) is 48.6 Å². The van der Waals surface area contributed by atoms with Gasteiger partial charge in [0.15, 0.2) is 0 Å². The number of hydrogen-bond donors (Lipinski definition) is 1. The Balaban J connectivity index is 1.37. The van der Waals surface area contributed by atoms with Crippen molar-refractivity contribution in [3.8, 4) is 0 Å². The van der Waals surface area contributed by atoms with E-state index in [4.69, 9.17) is 0 Å². The van der Waals surface area contributed by atoms with Crippen molar-refractivity contribution in [3.63, 3.8) is 0 Å². The molecule has 6 heteroatoms. The van der Waals surface area contributed by atoms with Crippen molar-refractivity contribution in [2.45, 2.75) is 51.7 Å². The van der Waals surface area contributed by atoms with Gasteiger partial charge in [-0.1, -0.05) is 31.2 Å². The lowest BCUT2D eigenvalue weighted by atomic mass is 9.88. The van der Waals surface area contributed by atoms with E-state index in [0.29, 0.717) is 13.1 Å². The molecule has 6 nitrogen and oxygen atoms in total. The molecule has 1 atom stereocenters. The van der Waals surface area contributed by atoms with E-state index in [-0.39, 0.29) is 11.9 Å². The zero-order valence-electron chi connectivity index (χ0n) is 14.7. The Morgan fingerprint density at radius 2 is 2.16 bits per heavy atom. The molecule has 2 aromatic rings. The smallest absolute Gasteiger partial charge is 0.234 e. The summed E-state index contributed by atoms with van der Waals surface area (Å²) in [6.07, 6.45) is 4.17. The molecule has 132 valence electrons. The SMILES string of the molecule is CCc1nnc2n1CCN(CC(=O)N[C@@H]1CCCc3ccccc31)C2. The highest BCUT2D eigenvalue weighted by Crippen LogP contribution is 2.29. The first-order valence-electron chi connectivity index (χ1n) is 9.25. The first-order chi connectivity index (χ1) is 12.2. The molecule has 4 rings (SSSR count). The molecule has 0 saturated carbocycles. The van der Waals surface area contributed by atoms with Gasteiger partial charge in [-0.15, -0.1) is 10.2 Å². The van der Waals surface area contributed by atoms with Gasteiger partial charge in [0.25, 0.3) is 0 Å². The van der Waals surface area contributed by atoms with E-state index in [1.54, 1.807) is 0 Å². The Morgan fingerprint density at radius 1 is 1.28 bits per heavy atom. The van der Waals surface area contributed by atoms with Crippen LogP contribution >= 0.6 is 0 Å². The molecule has 0 radical (unpaired) electrons. The number of hydrogen-bond acceptors (Lipinski definition) is 4. The van der Waals surface area contributed by atoms with Gasteiger partial charge in [-0.2, -0.15) is 0 Å². The molecule has 0 unspecified atom stereocenters. The van der Waals surface area contributed by atoms with Crippen molar-refractivity contribution in [3.05, 3.63) is 47.0 Å². The lowest BCUT2D eigenvalue weighted by molar-refractivity contribution is -0.123. The van der Waals surface area contributed by atoms with E-state index >= 15 is 0 Å². The van der Waals surface area contributed by atoms with Gasteiger partial charge in [0.2, 0.25) is 5.91 Å². The minimum Gasteiger partial charge on any atom is -0.348 e. The molecular weight excluding hydrogens is 314 g/mol. The molecule has 2 heterocycles. The number of rotatable bonds is 4. The van der Waals surface area contributed by atoms with E-state index in [9.17, 15) is 4.79 Å². The average molecular weight is 339 g/mol. The fourth-order valence-corrected chi connectivity index (χ4v) is 4.01. The zero-order valence-corrected chi connectivity index (χ0v) is 14.7. The Hall–Kier alpha value is -2.21. The second-order valence-corrected chi connectivity index (χ2v) is 6.96. The molecular formula is C19H25N5O. The Morgan fingerprint density at radius 3 is 3.04 bits per heavy atom. The van der Waals surface area contributed by atoms with Gasteiger partial charge in [0.05, 0.1) is 19.1 Å². The maximum Gasteiger partial charge on any atom is 0.234 e. The van der Waals surface area contributed by atoms with Gasteiger partial charge in [-0.25, -0.2) is 0 Å². The van der Waals surface area contributed by atoms with Gasteiger partial charge in [-0.05, 0) is 30.4 Å².